The van der Waals surface area contributed by atoms with Gasteiger partial charge in [-0.3, -0.25) is 14.4 Å². The van der Waals surface area contributed by atoms with Gasteiger partial charge in [0.15, 0.2) is 0 Å². The van der Waals surface area contributed by atoms with Gasteiger partial charge in [0.25, 0.3) is 0 Å². The number of likely N-dealkylation sites (tertiary alicyclic amines) is 1. The molecule has 1 atom stereocenters. The molecule has 1 aromatic carbocycles. The highest BCUT2D eigenvalue weighted by Crippen LogP contribution is 2.24. The van der Waals surface area contributed by atoms with Crippen molar-refractivity contribution in [3.05, 3.63) is 53.9 Å². The Balaban J connectivity index is 1.27. The molecule has 27 heavy (non-hydrogen) atoms. The zero-order valence-corrected chi connectivity index (χ0v) is 15.8. The van der Waals surface area contributed by atoms with E-state index in [0.29, 0.717) is 25.0 Å². The molecule has 6 heteroatoms. The lowest BCUT2D eigenvalue weighted by molar-refractivity contribution is -0.127. The molecular formula is C21H28N4O2. The van der Waals surface area contributed by atoms with Crippen molar-refractivity contribution in [3.8, 4) is 0 Å². The van der Waals surface area contributed by atoms with Gasteiger partial charge in [0.05, 0.1) is 24.9 Å². The Hall–Kier alpha value is -2.18. The number of ether oxygens (including phenoxy) is 1. The van der Waals surface area contributed by atoms with Crippen LogP contribution < -0.4 is 0 Å². The van der Waals surface area contributed by atoms with Crippen molar-refractivity contribution in [2.75, 3.05) is 32.8 Å². The average molecular weight is 368 g/mol. The molecule has 2 aliphatic rings. The van der Waals surface area contributed by atoms with E-state index in [9.17, 15) is 4.79 Å². The van der Waals surface area contributed by atoms with Crippen LogP contribution in [0.5, 0.6) is 0 Å². The number of carbonyl (C=O) groups excluding carboxylic acids is 1. The molecule has 1 saturated heterocycles. The van der Waals surface area contributed by atoms with E-state index in [1.54, 1.807) is 0 Å². The summed E-state index contributed by atoms with van der Waals surface area (Å²) in [6, 6.07) is 12.7. The van der Waals surface area contributed by atoms with Crippen molar-refractivity contribution in [1.29, 1.82) is 0 Å². The quantitative estimate of drug-likeness (QED) is 0.672. The molecule has 0 saturated carbocycles. The maximum absolute atomic E-state index is 11.9. The first kappa shape index (κ1) is 18.2. The molecule has 1 unspecified atom stereocenters. The van der Waals surface area contributed by atoms with Crippen molar-refractivity contribution < 1.29 is 9.53 Å². The molecular weight excluding hydrogens is 340 g/mol. The predicted octanol–water partition coefficient (Wildman–Crippen LogP) is 2.47. The number of aromatic nitrogens is 2. The maximum Gasteiger partial charge on any atom is 0.222 e. The first-order chi connectivity index (χ1) is 13.3. The zero-order chi connectivity index (χ0) is 18.5. The number of hydrogen-bond acceptors (Lipinski definition) is 4. The fourth-order valence-electron chi connectivity index (χ4n) is 4.05. The van der Waals surface area contributed by atoms with E-state index in [2.05, 4.69) is 32.9 Å². The third-order valence-corrected chi connectivity index (χ3v) is 5.52. The van der Waals surface area contributed by atoms with Crippen molar-refractivity contribution in [3.63, 3.8) is 0 Å². The van der Waals surface area contributed by atoms with E-state index in [4.69, 9.17) is 4.74 Å². The Labute approximate surface area is 160 Å². The highest BCUT2D eigenvalue weighted by atomic mass is 16.5. The van der Waals surface area contributed by atoms with Crippen LogP contribution in [0.3, 0.4) is 0 Å². The summed E-state index contributed by atoms with van der Waals surface area (Å²) in [7, 11) is 0. The third-order valence-electron chi connectivity index (χ3n) is 5.52. The molecule has 2 aliphatic heterocycles. The van der Waals surface area contributed by atoms with Crippen molar-refractivity contribution in [2.24, 2.45) is 0 Å². The smallest absolute Gasteiger partial charge is 0.222 e. The van der Waals surface area contributed by atoms with Gasteiger partial charge in [-0.1, -0.05) is 30.3 Å². The molecule has 0 spiro atoms. The fraction of sp³-hybridized carbons (Fsp3) is 0.524. The van der Waals surface area contributed by atoms with E-state index in [0.717, 1.165) is 52.2 Å². The minimum Gasteiger partial charge on any atom is -0.375 e. The summed E-state index contributed by atoms with van der Waals surface area (Å²) in [4.78, 5) is 16.3. The van der Waals surface area contributed by atoms with Gasteiger partial charge in [0.1, 0.15) is 0 Å². The second-order valence-electron chi connectivity index (χ2n) is 7.47. The van der Waals surface area contributed by atoms with Gasteiger partial charge in [-0.05, 0) is 24.5 Å². The predicted molar refractivity (Wildman–Crippen MR) is 103 cm³/mol. The van der Waals surface area contributed by atoms with Crippen LogP contribution in [-0.4, -0.2) is 58.3 Å². The van der Waals surface area contributed by atoms with Crippen molar-refractivity contribution in [2.45, 2.75) is 38.5 Å². The molecule has 0 radical (unpaired) electrons. The van der Waals surface area contributed by atoms with Crippen molar-refractivity contribution >= 4 is 5.91 Å². The lowest BCUT2D eigenvalue weighted by atomic mass is 10.1. The minimum atomic E-state index is 0.303. The molecule has 6 nitrogen and oxygen atoms in total. The molecule has 4 rings (SSSR count). The van der Waals surface area contributed by atoms with E-state index >= 15 is 0 Å². The van der Waals surface area contributed by atoms with E-state index in [1.165, 1.54) is 11.3 Å². The number of amides is 1. The van der Waals surface area contributed by atoms with Gasteiger partial charge < -0.3 is 9.64 Å². The number of carbonyl (C=O) groups is 1. The summed E-state index contributed by atoms with van der Waals surface area (Å²) < 4.78 is 8.02. The molecule has 1 amide bonds. The van der Waals surface area contributed by atoms with Gasteiger partial charge in [-0.15, -0.1) is 0 Å². The van der Waals surface area contributed by atoms with E-state index in [-0.39, 0.29) is 0 Å². The Morgan fingerprint density at radius 2 is 2.04 bits per heavy atom. The standard InChI is InChI=1S/C21H28N4O2/c26-21-7-4-11-24(21)12-9-20-16-23(15-19-8-10-22-25(19)20)13-14-27-17-18-5-2-1-3-6-18/h1-3,5-6,8,10,20H,4,7,9,11-17H2. The van der Waals surface area contributed by atoms with E-state index in [1.807, 2.05) is 29.3 Å². The second kappa shape index (κ2) is 8.67. The number of fused-ring (bicyclic) bond motifs is 1. The van der Waals surface area contributed by atoms with Gasteiger partial charge in [0.2, 0.25) is 5.91 Å². The van der Waals surface area contributed by atoms with Crippen LogP contribution in [0.1, 0.15) is 36.6 Å². The van der Waals surface area contributed by atoms with Crippen LogP contribution >= 0.6 is 0 Å². The summed E-state index contributed by atoms with van der Waals surface area (Å²) in [6.07, 6.45) is 4.56. The lowest BCUT2D eigenvalue weighted by Crippen LogP contribution is -2.40. The summed E-state index contributed by atoms with van der Waals surface area (Å²) in [5, 5.41) is 4.53. The van der Waals surface area contributed by atoms with Crippen LogP contribution in [0.25, 0.3) is 0 Å². The molecule has 1 fully saturated rings. The number of benzene rings is 1. The minimum absolute atomic E-state index is 0.303. The van der Waals surface area contributed by atoms with Crippen LogP contribution in [0.2, 0.25) is 0 Å². The highest BCUT2D eigenvalue weighted by Gasteiger charge is 2.27. The third kappa shape index (κ3) is 4.57. The summed E-state index contributed by atoms with van der Waals surface area (Å²) in [5.74, 6) is 0.303. The Morgan fingerprint density at radius 3 is 2.85 bits per heavy atom. The highest BCUT2D eigenvalue weighted by molar-refractivity contribution is 5.77. The molecule has 144 valence electrons. The molecule has 3 heterocycles. The number of nitrogens with zero attached hydrogens (tertiary/aromatic N) is 4. The molecule has 1 aromatic heterocycles. The summed E-state index contributed by atoms with van der Waals surface area (Å²) in [6.45, 7) is 5.92. The Bertz CT molecular complexity index is 746. The van der Waals surface area contributed by atoms with Crippen LogP contribution in [0, 0.1) is 0 Å². The Kier molecular flexibility index (Phi) is 5.84. The van der Waals surface area contributed by atoms with Gasteiger partial charge in [-0.25, -0.2) is 0 Å². The molecule has 0 aliphatic carbocycles. The zero-order valence-electron chi connectivity index (χ0n) is 15.8. The summed E-state index contributed by atoms with van der Waals surface area (Å²) >= 11 is 0. The lowest BCUT2D eigenvalue weighted by Gasteiger charge is -2.34. The molecule has 0 bridgehead atoms. The first-order valence-electron chi connectivity index (χ1n) is 9.94. The second-order valence-corrected chi connectivity index (χ2v) is 7.47. The fourth-order valence-corrected chi connectivity index (χ4v) is 4.05. The SMILES string of the molecule is O=C1CCCN1CCC1CN(CCOCc2ccccc2)Cc2ccnn21. The van der Waals surface area contributed by atoms with Gasteiger partial charge in [-0.2, -0.15) is 5.10 Å². The maximum atomic E-state index is 11.9. The van der Waals surface area contributed by atoms with Crippen LogP contribution in [-0.2, 0) is 22.7 Å². The number of hydrogen-bond donors (Lipinski definition) is 0. The normalized spacial score (nSPS) is 20.2. The van der Waals surface area contributed by atoms with Crippen molar-refractivity contribution in [1.82, 2.24) is 19.6 Å². The van der Waals surface area contributed by atoms with Crippen LogP contribution in [0.4, 0.5) is 0 Å². The van der Waals surface area contributed by atoms with Gasteiger partial charge in [0, 0.05) is 45.3 Å². The van der Waals surface area contributed by atoms with Gasteiger partial charge >= 0.3 is 0 Å². The number of rotatable bonds is 8. The molecule has 0 N–H and O–H groups in total. The van der Waals surface area contributed by atoms with Crippen LogP contribution in [0.15, 0.2) is 42.6 Å². The Morgan fingerprint density at radius 1 is 1.15 bits per heavy atom. The molecule has 2 aromatic rings. The summed E-state index contributed by atoms with van der Waals surface area (Å²) in [5.41, 5.74) is 2.46. The van der Waals surface area contributed by atoms with E-state index < -0.39 is 0 Å². The topological polar surface area (TPSA) is 50.6 Å². The monoisotopic (exact) mass is 368 g/mol. The first-order valence-corrected chi connectivity index (χ1v) is 9.94. The average Bonchev–Trinajstić information content (AvgIpc) is 3.33. The largest absolute Gasteiger partial charge is 0.375 e.